The molecule has 0 bridgehead atoms. The lowest BCUT2D eigenvalue weighted by Gasteiger charge is -2.36. The first-order valence-electron chi connectivity index (χ1n) is 7.42. The Labute approximate surface area is 132 Å². The third kappa shape index (κ3) is 4.56. The van der Waals surface area contributed by atoms with Gasteiger partial charge in [-0.25, -0.2) is 4.39 Å². The van der Waals surface area contributed by atoms with Crippen LogP contribution in [0.5, 0.6) is 5.75 Å². The van der Waals surface area contributed by atoms with Crippen molar-refractivity contribution in [3.63, 3.8) is 0 Å². The zero-order valence-corrected chi connectivity index (χ0v) is 13.8. The molecule has 0 unspecified atom stereocenters. The summed E-state index contributed by atoms with van der Waals surface area (Å²) in [6, 6.07) is 2.98. The highest BCUT2D eigenvalue weighted by atomic mass is 35.5. The van der Waals surface area contributed by atoms with E-state index in [1.54, 1.807) is 6.92 Å². The quantitative estimate of drug-likeness (QED) is 0.895. The molecule has 3 nitrogen and oxygen atoms in total. The minimum absolute atomic E-state index is 0. The largest absolute Gasteiger partial charge is 0.507 e. The Balaban J connectivity index is 0.00000220. The fourth-order valence-corrected chi connectivity index (χ4v) is 2.93. The lowest BCUT2D eigenvalue weighted by Crippen LogP contribution is -2.45. The zero-order valence-electron chi connectivity index (χ0n) is 13.0. The van der Waals surface area contributed by atoms with Crippen molar-refractivity contribution in [1.29, 1.82) is 0 Å². The number of hydrogen-bond donors (Lipinski definition) is 2. The van der Waals surface area contributed by atoms with E-state index < -0.39 is 0 Å². The van der Waals surface area contributed by atoms with Gasteiger partial charge in [-0.2, -0.15) is 0 Å². The van der Waals surface area contributed by atoms with Crippen LogP contribution in [0.4, 0.5) is 4.39 Å². The summed E-state index contributed by atoms with van der Waals surface area (Å²) in [4.78, 5) is 2.35. The molecule has 0 amide bonds. The van der Waals surface area contributed by atoms with Crippen LogP contribution in [0.2, 0.25) is 0 Å². The van der Waals surface area contributed by atoms with E-state index >= 15 is 0 Å². The molecule has 0 radical (unpaired) electrons. The van der Waals surface area contributed by atoms with E-state index in [0.717, 1.165) is 38.2 Å². The van der Waals surface area contributed by atoms with Crippen molar-refractivity contribution < 1.29 is 9.50 Å². The first kappa shape index (κ1) is 18.2. The average Bonchev–Trinajstić information content (AvgIpc) is 2.41. The van der Waals surface area contributed by atoms with Crippen molar-refractivity contribution >= 4 is 12.4 Å². The van der Waals surface area contributed by atoms with E-state index in [-0.39, 0.29) is 30.0 Å². The van der Waals surface area contributed by atoms with Crippen LogP contribution in [0.3, 0.4) is 0 Å². The second kappa shape index (κ2) is 7.97. The molecule has 1 atom stereocenters. The highest BCUT2D eigenvalue weighted by molar-refractivity contribution is 5.85. The third-order valence-corrected chi connectivity index (χ3v) is 3.94. The van der Waals surface area contributed by atoms with Gasteiger partial charge in [0, 0.05) is 37.8 Å². The highest BCUT2D eigenvalue weighted by Crippen LogP contribution is 2.36. The number of rotatable bonds is 4. The van der Waals surface area contributed by atoms with Gasteiger partial charge in [0.1, 0.15) is 11.6 Å². The Morgan fingerprint density at radius 3 is 2.48 bits per heavy atom. The molecule has 0 saturated carbocycles. The summed E-state index contributed by atoms with van der Waals surface area (Å²) >= 11 is 0. The number of nitrogens with one attached hydrogen (secondary N) is 1. The summed E-state index contributed by atoms with van der Waals surface area (Å²) < 4.78 is 13.7. The van der Waals surface area contributed by atoms with Gasteiger partial charge in [0.05, 0.1) is 0 Å². The molecule has 1 aliphatic heterocycles. The molecule has 0 spiro atoms. The molecule has 0 aliphatic carbocycles. The fraction of sp³-hybridized carbons (Fsp3) is 0.625. The normalized spacial score (nSPS) is 17.6. The standard InChI is InChI=1S/C16H25FN2O.ClH/c1-11(2)8-15(19-6-4-18-5-7-19)14-10-13(17)9-12(3)16(14)20;/h9-11,15,18,20H,4-8H2,1-3H3;1H/t15-;/m0./s1. The molecule has 1 heterocycles. The molecular weight excluding hydrogens is 291 g/mol. The molecule has 1 aromatic rings. The molecule has 2 N–H and O–H groups in total. The maximum atomic E-state index is 13.7. The van der Waals surface area contributed by atoms with Gasteiger partial charge >= 0.3 is 0 Å². The van der Waals surface area contributed by atoms with Crippen LogP contribution in [0.15, 0.2) is 12.1 Å². The van der Waals surface area contributed by atoms with Gasteiger partial charge in [-0.15, -0.1) is 12.4 Å². The van der Waals surface area contributed by atoms with E-state index in [1.165, 1.54) is 12.1 Å². The summed E-state index contributed by atoms with van der Waals surface area (Å²) in [5.41, 5.74) is 1.35. The number of hydrogen-bond acceptors (Lipinski definition) is 3. The van der Waals surface area contributed by atoms with E-state index in [0.29, 0.717) is 11.5 Å². The molecule has 21 heavy (non-hydrogen) atoms. The van der Waals surface area contributed by atoms with Crippen molar-refractivity contribution in [3.05, 3.63) is 29.1 Å². The number of piperazine rings is 1. The monoisotopic (exact) mass is 316 g/mol. The maximum absolute atomic E-state index is 13.7. The van der Waals surface area contributed by atoms with Gasteiger partial charge in [0.2, 0.25) is 0 Å². The maximum Gasteiger partial charge on any atom is 0.124 e. The summed E-state index contributed by atoms with van der Waals surface area (Å²) in [7, 11) is 0. The third-order valence-electron chi connectivity index (χ3n) is 3.94. The Hall–Kier alpha value is -0.840. The number of aryl methyl sites for hydroxylation is 1. The first-order chi connectivity index (χ1) is 9.49. The van der Waals surface area contributed by atoms with Crippen molar-refractivity contribution in [2.24, 2.45) is 5.92 Å². The molecule has 120 valence electrons. The van der Waals surface area contributed by atoms with Crippen LogP contribution in [-0.4, -0.2) is 36.2 Å². The molecular formula is C16H26ClFN2O. The topological polar surface area (TPSA) is 35.5 Å². The SMILES string of the molecule is Cc1cc(F)cc([C@H](CC(C)C)N2CCNCC2)c1O.Cl. The van der Waals surface area contributed by atoms with E-state index in [4.69, 9.17) is 0 Å². The van der Waals surface area contributed by atoms with Gasteiger partial charge in [-0.05, 0) is 37.0 Å². The van der Waals surface area contributed by atoms with Crippen molar-refractivity contribution in [1.82, 2.24) is 10.2 Å². The lowest BCUT2D eigenvalue weighted by molar-refractivity contribution is 0.151. The molecule has 1 fully saturated rings. The zero-order chi connectivity index (χ0) is 14.7. The van der Waals surface area contributed by atoms with Gasteiger partial charge in [-0.3, -0.25) is 4.90 Å². The highest BCUT2D eigenvalue weighted by Gasteiger charge is 2.26. The Morgan fingerprint density at radius 2 is 1.90 bits per heavy atom. The molecule has 5 heteroatoms. The van der Waals surface area contributed by atoms with E-state index in [1.807, 2.05) is 0 Å². The van der Waals surface area contributed by atoms with Crippen molar-refractivity contribution in [2.75, 3.05) is 26.2 Å². The predicted molar refractivity (Wildman–Crippen MR) is 86.7 cm³/mol. The Morgan fingerprint density at radius 1 is 1.29 bits per heavy atom. The van der Waals surface area contributed by atoms with Crippen LogP contribution in [-0.2, 0) is 0 Å². The second-order valence-corrected chi connectivity index (χ2v) is 6.09. The first-order valence-corrected chi connectivity index (χ1v) is 7.42. The number of phenolic OH excluding ortho intramolecular Hbond substituents is 1. The average molecular weight is 317 g/mol. The molecule has 1 aliphatic rings. The number of phenols is 1. The predicted octanol–water partition coefficient (Wildman–Crippen LogP) is 3.25. The fourth-order valence-electron chi connectivity index (χ4n) is 2.93. The number of halogens is 2. The van der Waals surface area contributed by atoms with Crippen LogP contribution in [0.1, 0.15) is 37.4 Å². The van der Waals surface area contributed by atoms with E-state index in [2.05, 4.69) is 24.1 Å². The number of aromatic hydroxyl groups is 1. The second-order valence-electron chi connectivity index (χ2n) is 6.09. The van der Waals surface area contributed by atoms with E-state index in [9.17, 15) is 9.50 Å². The van der Waals surface area contributed by atoms with Crippen LogP contribution >= 0.6 is 12.4 Å². The molecule has 2 rings (SSSR count). The molecule has 0 aromatic heterocycles. The Bertz CT molecular complexity index is 462. The summed E-state index contributed by atoms with van der Waals surface area (Å²) in [5.74, 6) is 0.479. The summed E-state index contributed by atoms with van der Waals surface area (Å²) in [6.45, 7) is 9.86. The summed E-state index contributed by atoms with van der Waals surface area (Å²) in [6.07, 6.45) is 0.927. The van der Waals surface area contributed by atoms with Gasteiger partial charge in [0.15, 0.2) is 0 Å². The summed E-state index contributed by atoms with van der Waals surface area (Å²) in [5, 5.41) is 13.7. The minimum atomic E-state index is -0.265. The smallest absolute Gasteiger partial charge is 0.124 e. The van der Waals surface area contributed by atoms with Gasteiger partial charge < -0.3 is 10.4 Å². The van der Waals surface area contributed by atoms with Crippen LogP contribution in [0.25, 0.3) is 0 Å². The molecule has 1 saturated heterocycles. The van der Waals surface area contributed by atoms with Gasteiger partial charge in [0.25, 0.3) is 0 Å². The van der Waals surface area contributed by atoms with Crippen LogP contribution < -0.4 is 5.32 Å². The number of nitrogens with zero attached hydrogens (tertiary/aromatic N) is 1. The minimum Gasteiger partial charge on any atom is -0.507 e. The van der Waals surface area contributed by atoms with Crippen molar-refractivity contribution in [3.8, 4) is 5.75 Å². The lowest BCUT2D eigenvalue weighted by atomic mass is 9.93. The van der Waals surface area contributed by atoms with Gasteiger partial charge in [-0.1, -0.05) is 13.8 Å². The van der Waals surface area contributed by atoms with Crippen LogP contribution in [0, 0.1) is 18.7 Å². The Kier molecular flexibility index (Phi) is 6.91. The molecule has 1 aromatic carbocycles. The van der Waals surface area contributed by atoms with Crippen molar-refractivity contribution in [2.45, 2.75) is 33.2 Å². The number of benzene rings is 1.